The van der Waals surface area contributed by atoms with Crippen LogP contribution in [0.4, 0.5) is 5.82 Å². The van der Waals surface area contributed by atoms with E-state index in [0.717, 1.165) is 0 Å². The molecule has 1 aromatic rings. The van der Waals surface area contributed by atoms with E-state index in [1.54, 1.807) is 6.92 Å². The molecule has 0 amide bonds. The van der Waals surface area contributed by atoms with Gasteiger partial charge in [0.25, 0.3) is 0 Å². The molecule has 1 aliphatic heterocycles. The lowest BCUT2D eigenvalue weighted by atomic mass is 10.2. The number of anilines is 1. The highest BCUT2D eigenvalue weighted by Crippen LogP contribution is 2.38. The maximum atomic E-state index is 12.1. The molecule has 0 radical (unpaired) electrons. The van der Waals surface area contributed by atoms with E-state index in [1.807, 2.05) is 0 Å². The Morgan fingerprint density at radius 2 is 2.20 bits per heavy atom. The first-order valence-corrected chi connectivity index (χ1v) is 9.05. The number of nitrogens with zero attached hydrogens (tertiary/aromatic N) is 2. The van der Waals surface area contributed by atoms with Gasteiger partial charge in [0.2, 0.25) is 0 Å². The molecule has 0 aliphatic carbocycles. The van der Waals surface area contributed by atoms with Crippen LogP contribution in [0, 0.1) is 6.92 Å². The predicted octanol–water partition coefficient (Wildman–Crippen LogP) is -0.438. The van der Waals surface area contributed by atoms with Crippen LogP contribution in [-0.4, -0.2) is 58.5 Å². The van der Waals surface area contributed by atoms with Crippen molar-refractivity contribution in [1.29, 1.82) is 0 Å². The molecule has 1 aromatic heterocycles. The Labute approximate surface area is 143 Å². The summed E-state index contributed by atoms with van der Waals surface area (Å²) in [6.07, 6.45) is -0.224. The average Bonchev–Trinajstić information content (AvgIpc) is 2.92. The lowest BCUT2D eigenvalue weighted by molar-refractivity contribution is -0.0782. The van der Waals surface area contributed by atoms with Crippen LogP contribution in [0.2, 0.25) is 0 Å². The minimum absolute atomic E-state index is 0.123. The van der Waals surface area contributed by atoms with Gasteiger partial charge in [-0.3, -0.25) is 9.09 Å². The first kappa shape index (κ1) is 20.0. The molecule has 1 fully saturated rings. The highest BCUT2D eigenvalue weighted by atomic mass is 31.2. The number of aromatic nitrogens is 2. The van der Waals surface area contributed by atoms with Gasteiger partial charge in [0.15, 0.2) is 6.23 Å². The third-order valence-electron chi connectivity index (χ3n) is 3.64. The van der Waals surface area contributed by atoms with Crippen LogP contribution in [0.3, 0.4) is 0 Å². The van der Waals surface area contributed by atoms with Crippen molar-refractivity contribution in [1.82, 2.24) is 9.55 Å². The number of nitrogens with two attached hydrogens (primary N) is 1. The standard InChI is InChI=1S/C13H22N3O8P/c1-8-6-16(13(17)15-11(8)14)12-10(22-4-3-21-2)5-9(24-12)7-23-25(18,19)20/h6,9-10,12H,3-5,7H2,1-2H3,(H2,14,15,17)(H2,18,19,20)/t9-,10-,12+/m0/s1. The second-order valence-corrected chi connectivity index (χ2v) is 6.81. The second kappa shape index (κ2) is 8.37. The Bertz CT molecular complexity index is 690. The van der Waals surface area contributed by atoms with Gasteiger partial charge in [0.05, 0.1) is 25.9 Å². The van der Waals surface area contributed by atoms with E-state index in [2.05, 4.69) is 9.51 Å². The summed E-state index contributed by atoms with van der Waals surface area (Å²) < 4.78 is 32.9. The third-order valence-corrected chi connectivity index (χ3v) is 4.13. The van der Waals surface area contributed by atoms with E-state index in [-0.39, 0.29) is 25.5 Å². The van der Waals surface area contributed by atoms with E-state index in [4.69, 9.17) is 29.7 Å². The van der Waals surface area contributed by atoms with Crippen molar-refractivity contribution < 1.29 is 33.1 Å². The van der Waals surface area contributed by atoms with Crippen LogP contribution in [0.15, 0.2) is 11.0 Å². The molecule has 2 rings (SSSR count). The van der Waals surface area contributed by atoms with Crippen LogP contribution in [0.5, 0.6) is 0 Å². The first-order chi connectivity index (χ1) is 11.7. The first-order valence-electron chi connectivity index (χ1n) is 7.52. The number of aryl methyl sites for hydroxylation is 1. The zero-order chi connectivity index (χ0) is 18.6. The van der Waals surface area contributed by atoms with E-state index in [9.17, 15) is 9.36 Å². The van der Waals surface area contributed by atoms with Crippen LogP contribution in [0.25, 0.3) is 0 Å². The largest absolute Gasteiger partial charge is 0.469 e. The summed E-state index contributed by atoms with van der Waals surface area (Å²) in [6, 6.07) is 0. The van der Waals surface area contributed by atoms with Crippen LogP contribution < -0.4 is 11.4 Å². The Morgan fingerprint density at radius 1 is 1.48 bits per heavy atom. The fourth-order valence-corrected chi connectivity index (χ4v) is 2.80. The number of hydrogen-bond acceptors (Lipinski definition) is 8. The molecule has 142 valence electrons. The van der Waals surface area contributed by atoms with Gasteiger partial charge in [-0.05, 0) is 6.92 Å². The molecular weight excluding hydrogens is 357 g/mol. The quantitative estimate of drug-likeness (QED) is 0.400. The Morgan fingerprint density at radius 3 is 2.84 bits per heavy atom. The van der Waals surface area contributed by atoms with Crippen molar-refractivity contribution in [2.24, 2.45) is 0 Å². The van der Waals surface area contributed by atoms with Gasteiger partial charge in [-0.25, -0.2) is 9.36 Å². The summed E-state index contributed by atoms with van der Waals surface area (Å²) in [5, 5.41) is 0. The Kier molecular flexibility index (Phi) is 6.69. The molecule has 0 spiro atoms. The molecule has 0 bridgehead atoms. The van der Waals surface area contributed by atoms with E-state index < -0.39 is 31.9 Å². The molecule has 12 heteroatoms. The lowest BCUT2D eigenvalue weighted by Gasteiger charge is -2.21. The number of rotatable bonds is 8. The molecule has 2 heterocycles. The van der Waals surface area contributed by atoms with E-state index >= 15 is 0 Å². The third kappa shape index (κ3) is 5.58. The zero-order valence-corrected chi connectivity index (χ0v) is 14.8. The van der Waals surface area contributed by atoms with Gasteiger partial charge in [-0.15, -0.1) is 0 Å². The number of methoxy groups -OCH3 is 1. The van der Waals surface area contributed by atoms with E-state index in [1.165, 1.54) is 17.9 Å². The number of phosphoric ester groups is 1. The SMILES string of the molecule is COCCO[C@H]1C[C@@H](COP(=O)(O)O)O[C@H]1n1cc(C)c(N)nc1=O. The van der Waals surface area contributed by atoms with Crippen molar-refractivity contribution in [3.8, 4) is 0 Å². The molecule has 11 nitrogen and oxygen atoms in total. The van der Waals surface area contributed by atoms with Crippen molar-refractivity contribution in [2.75, 3.05) is 32.7 Å². The Hall–Kier alpha value is -1.33. The summed E-state index contributed by atoms with van der Waals surface area (Å²) in [5.74, 6) is 0.123. The Balaban J connectivity index is 2.18. The summed E-state index contributed by atoms with van der Waals surface area (Å²) in [4.78, 5) is 33.5. The number of ether oxygens (including phenoxy) is 3. The minimum Gasteiger partial charge on any atom is -0.383 e. The zero-order valence-electron chi connectivity index (χ0n) is 13.9. The lowest BCUT2D eigenvalue weighted by Crippen LogP contribution is -2.34. The van der Waals surface area contributed by atoms with Gasteiger partial charge in [-0.2, -0.15) is 4.98 Å². The van der Waals surface area contributed by atoms with Crippen molar-refractivity contribution in [3.05, 3.63) is 22.2 Å². The fourth-order valence-electron chi connectivity index (χ4n) is 2.44. The molecular formula is C13H22N3O8P. The number of phosphoric acid groups is 1. The molecule has 0 unspecified atom stereocenters. The smallest absolute Gasteiger partial charge is 0.383 e. The maximum Gasteiger partial charge on any atom is 0.469 e. The van der Waals surface area contributed by atoms with Gasteiger partial charge in [-0.1, -0.05) is 0 Å². The summed E-state index contributed by atoms with van der Waals surface area (Å²) in [6.45, 7) is 1.98. The summed E-state index contributed by atoms with van der Waals surface area (Å²) in [7, 11) is -3.09. The van der Waals surface area contributed by atoms with Gasteiger partial charge in [0.1, 0.15) is 11.9 Å². The van der Waals surface area contributed by atoms with Crippen molar-refractivity contribution >= 4 is 13.6 Å². The van der Waals surface area contributed by atoms with Crippen LogP contribution in [0.1, 0.15) is 18.2 Å². The fraction of sp³-hybridized carbons (Fsp3) is 0.692. The summed E-state index contributed by atoms with van der Waals surface area (Å²) in [5.41, 5.74) is 5.61. The summed E-state index contributed by atoms with van der Waals surface area (Å²) >= 11 is 0. The van der Waals surface area contributed by atoms with Gasteiger partial charge >= 0.3 is 13.5 Å². The van der Waals surface area contributed by atoms with Gasteiger partial charge < -0.3 is 29.7 Å². The normalized spacial score (nSPS) is 23.9. The second-order valence-electron chi connectivity index (χ2n) is 5.57. The predicted molar refractivity (Wildman–Crippen MR) is 85.8 cm³/mol. The van der Waals surface area contributed by atoms with Crippen LogP contribution >= 0.6 is 7.82 Å². The minimum atomic E-state index is -4.62. The van der Waals surface area contributed by atoms with Crippen molar-refractivity contribution in [3.63, 3.8) is 0 Å². The van der Waals surface area contributed by atoms with Crippen molar-refractivity contribution in [2.45, 2.75) is 31.8 Å². The molecule has 3 atom stereocenters. The molecule has 0 aromatic carbocycles. The monoisotopic (exact) mass is 379 g/mol. The molecule has 4 N–H and O–H groups in total. The maximum absolute atomic E-state index is 12.1. The van der Waals surface area contributed by atoms with Gasteiger partial charge in [0, 0.05) is 25.3 Å². The van der Waals surface area contributed by atoms with E-state index in [0.29, 0.717) is 12.2 Å². The molecule has 1 aliphatic rings. The molecule has 0 saturated carbocycles. The highest BCUT2D eigenvalue weighted by molar-refractivity contribution is 7.46. The topological polar surface area (TPSA) is 155 Å². The molecule has 1 saturated heterocycles. The highest BCUT2D eigenvalue weighted by Gasteiger charge is 2.39. The van der Waals surface area contributed by atoms with Crippen LogP contribution in [-0.2, 0) is 23.3 Å². The molecule has 25 heavy (non-hydrogen) atoms. The average molecular weight is 379 g/mol. The number of nitrogen functional groups attached to an aromatic ring is 1. The number of hydrogen-bond donors (Lipinski definition) is 3.